The standard InChI is InChI=1S/C14H15F2NO2/c1-9(12-3-2-10(15)7-13(12)16)6-14(19)17-5-4-11(18)8-17/h2-3,6-7,11,18H,4-5,8H2,1H3/t11-/m1/s1. The number of nitrogens with zero attached hydrogens (tertiary/aromatic N) is 1. The first-order valence-electron chi connectivity index (χ1n) is 6.08. The van der Waals surface area contributed by atoms with Crippen LogP contribution in [0.15, 0.2) is 24.3 Å². The maximum Gasteiger partial charge on any atom is 0.246 e. The number of hydrogen-bond donors (Lipinski definition) is 1. The van der Waals surface area contributed by atoms with E-state index in [-0.39, 0.29) is 11.5 Å². The van der Waals surface area contributed by atoms with Gasteiger partial charge in [-0.1, -0.05) is 0 Å². The number of allylic oxidation sites excluding steroid dienone is 1. The van der Waals surface area contributed by atoms with Crippen molar-refractivity contribution < 1.29 is 18.7 Å². The van der Waals surface area contributed by atoms with Crippen molar-refractivity contribution in [3.05, 3.63) is 41.5 Å². The maximum absolute atomic E-state index is 13.5. The third-order valence-electron chi connectivity index (χ3n) is 3.17. The molecule has 1 heterocycles. The molecule has 5 heteroatoms. The number of amides is 1. The van der Waals surface area contributed by atoms with Crippen LogP contribution in [0, 0.1) is 11.6 Å². The molecule has 1 aliphatic heterocycles. The normalized spacial score (nSPS) is 19.9. The van der Waals surface area contributed by atoms with Crippen LogP contribution in [0.5, 0.6) is 0 Å². The summed E-state index contributed by atoms with van der Waals surface area (Å²) in [6.07, 6.45) is 1.39. The molecule has 1 fully saturated rings. The summed E-state index contributed by atoms with van der Waals surface area (Å²) < 4.78 is 26.3. The summed E-state index contributed by atoms with van der Waals surface area (Å²) in [6.45, 7) is 2.39. The van der Waals surface area contributed by atoms with Gasteiger partial charge in [-0.15, -0.1) is 0 Å². The van der Waals surface area contributed by atoms with Gasteiger partial charge in [0.2, 0.25) is 5.91 Å². The van der Waals surface area contributed by atoms with Crippen molar-refractivity contribution in [2.45, 2.75) is 19.4 Å². The van der Waals surface area contributed by atoms with Gasteiger partial charge < -0.3 is 10.0 Å². The van der Waals surface area contributed by atoms with Crippen LogP contribution in [0.2, 0.25) is 0 Å². The Morgan fingerprint density at radius 2 is 2.21 bits per heavy atom. The highest BCUT2D eigenvalue weighted by Gasteiger charge is 2.23. The highest BCUT2D eigenvalue weighted by atomic mass is 19.1. The summed E-state index contributed by atoms with van der Waals surface area (Å²) in [7, 11) is 0. The molecule has 102 valence electrons. The van der Waals surface area contributed by atoms with Gasteiger partial charge >= 0.3 is 0 Å². The molecule has 0 saturated carbocycles. The van der Waals surface area contributed by atoms with Crippen LogP contribution < -0.4 is 0 Å². The second kappa shape index (κ2) is 5.48. The molecule has 1 atom stereocenters. The van der Waals surface area contributed by atoms with Crippen molar-refractivity contribution in [3.8, 4) is 0 Å². The zero-order valence-corrected chi connectivity index (χ0v) is 10.6. The molecule has 0 aliphatic carbocycles. The van der Waals surface area contributed by atoms with Crippen LogP contribution in [0.1, 0.15) is 18.9 Å². The van der Waals surface area contributed by atoms with Gasteiger partial charge in [0.25, 0.3) is 0 Å². The van der Waals surface area contributed by atoms with Crippen molar-refractivity contribution in [1.82, 2.24) is 4.90 Å². The van der Waals surface area contributed by atoms with E-state index in [1.807, 2.05) is 0 Å². The number of rotatable bonds is 2. The summed E-state index contributed by atoms with van der Waals surface area (Å²) in [6, 6.07) is 3.25. The van der Waals surface area contributed by atoms with E-state index in [0.29, 0.717) is 25.1 Å². The van der Waals surface area contributed by atoms with Gasteiger partial charge in [0.15, 0.2) is 0 Å². The Labute approximate surface area is 110 Å². The fourth-order valence-electron chi connectivity index (χ4n) is 2.11. The predicted molar refractivity (Wildman–Crippen MR) is 67.2 cm³/mol. The van der Waals surface area contributed by atoms with Gasteiger partial charge in [-0.2, -0.15) is 0 Å². The first-order chi connectivity index (χ1) is 8.97. The van der Waals surface area contributed by atoms with Crippen LogP contribution in [0.4, 0.5) is 8.78 Å². The second-order valence-electron chi connectivity index (χ2n) is 4.68. The quantitative estimate of drug-likeness (QED) is 0.832. The average molecular weight is 267 g/mol. The lowest BCUT2D eigenvalue weighted by molar-refractivity contribution is -0.125. The van der Waals surface area contributed by atoms with E-state index in [4.69, 9.17) is 0 Å². The van der Waals surface area contributed by atoms with Gasteiger partial charge in [-0.05, 0) is 31.1 Å². The van der Waals surface area contributed by atoms with Gasteiger partial charge in [0.05, 0.1) is 6.10 Å². The van der Waals surface area contributed by atoms with Crippen LogP contribution in [0.25, 0.3) is 5.57 Å². The number of halogens is 2. The van der Waals surface area contributed by atoms with E-state index >= 15 is 0 Å². The number of likely N-dealkylation sites (tertiary alicyclic amines) is 1. The average Bonchev–Trinajstić information content (AvgIpc) is 2.75. The summed E-state index contributed by atoms with van der Waals surface area (Å²) >= 11 is 0. The van der Waals surface area contributed by atoms with Gasteiger partial charge in [-0.25, -0.2) is 8.78 Å². The highest BCUT2D eigenvalue weighted by molar-refractivity contribution is 5.95. The molecule has 1 saturated heterocycles. The number of hydrogen-bond acceptors (Lipinski definition) is 2. The van der Waals surface area contributed by atoms with Gasteiger partial charge in [0, 0.05) is 30.8 Å². The zero-order valence-electron chi connectivity index (χ0n) is 10.6. The van der Waals surface area contributed by atoms with Crippen LogP contribution in [-0.4, -0.2) is 35.1 Å². The SMILES string of the molecule is CC(=CC(=O)N1CC[C@@H](O)C1)c1ccc(F)cc1F. The lowest BCUT2D eigenvalue weighted by Gasteiger charge is -2.13. The zero-order chi connectivity index (χ0) is 14.0. The number of aliphatic hydroxyl groups excluding tert-OH is 1. The maximum atomic E-state index is 13.5. The molecule has 1 aromatic carbocycles. The fraction of sp³-hybridized carbons (Fsp3) is 0.357. The highest BCUT2D eigenvalue weighted by Crippen LogP contribution is 2.19. The van der Waals surface area contributed by atoms with Crippen molar-refractivity contribution in [2.24, 2.45) is 0 Å². The Morgan fingerprint density at radius 3 is 2.79 bits per heavy atom. The van der Waals surface area contributed by atoms with Crippen molar-refractivity contribution in [1.29, 1.82) is 0 Å². The van der Waals surface area contributed by atoms with Crippen LogP contribution >= 0.6 is 0 Å². The van der Waals surface area contributed by atoms with Crippen LogP contribution in [-0.2, 0) is 4.79 Å². The molecule has 0 radical (unpaired) electrons. The van der Waals surface area contributed by atoms with E-state index in [1.54, 1.807) is 6.92 Å². The summed E-state index contributed by atoms with van der Waals surface area (Å²) in [5.41, 5.74) is 0.637. The molecular weight excluding hydrogens is 252 g/mol. The number of aliphatic hydroxyl groups is 1. The molecule has 0 unspecified atom stereocenters. The van der Waals surface area contributed by atoms with E-state index in [9.17, 15) is 18.7 Å². The number of β-amino-alcohol motifs (C(OH)–C–C–N with tert-alkyl or cyclic N) is 1. The molecule has 0 bridgehead atoms. The molecule has 19 heavy (non-hydrogen) atoms. The Morgan fingerprint density at radius 1 is 1.47 bits per heavy atom. The molecule has 1 amide bonds. The van der Waals surface area contributed by atoms with Gasteiger partial charge in [0.1, 0.15) is 11.6 Å². The van der Waals surface area contributed by atoms with Crippen molar-refractivity contribution in [3.63, 3.8) is 0 Å². The number of carbonyl (C=O) groups excluding carboxylic acids is 1. The molecule has 1 aromatic rings. The smallest absolute Gasteiger partial charge is 0.246 e. The van der Waals surface area contributed by atoms with E-state index in [2.05, 4.69) is 0 Å². The minimum Gasteiger partial charge on any atom is -0.391 e. The molecule has 1 N–H and O–H groups in total. The molecule has 2 rings (SSSR count). The van der Waals surface area contributed by atoms with E-state index in [1.165, 1.54) is 17.0 Å². The van der Waals surface area contributed by atoms with Crippen molar-refractivity contribution in [2.75, 3.05) is 13.1 Å². The minimum absolute atomic E-state index is 0.203. The minimum atomic E-state index is -0.692. The Balaban J connectivity index is 2.16. The molecular formula is C14H15F2NO2. The topological polar surface area (TPSA) is 40.5 Å². The molecule has 1 aliphatic rings. The second-order valence-corrected chi connectivity index (χ2v) is 4.68. The third-order valence-corrected chi connectivity index (χ3v) is 3.17. The van der Waals surface area contributed by atoms with Gasteiger partial charge in [-0.3, -0.25) is 4.79 Å². The fourth-order valence-corrected chi connectivity index (χ4v) is 2.11. The first kappa shape index (κ1) is 13.7. The number of carbonyl (C=O) groups is 1. The molecule has 0 spiro atoms. The summed E-state index contributed by atoms with van der Waals surface area (Å²) in [5.74, 6) is -1.61. The van der Waals surface area contributed by atoms with Crippen molar-refractivity contribution >= 4 is 11.5 Å². The Hall–Kier alpha value is -1.75. The lowest BCUT2D eigenvalue weighted by atomic mass is 10.1. The summed E-state index contributed by atoms with van der Waals surface area (Å²) in [4.78, 5) is 13.4. The summed E-state index contributed by atoms with van der Waals surface area (Å²) in [5, 5.41) is 9.36. The van der Waals surface area contributed by atoms with Crippen LogP contribution in [0.3, 0.4) is 0 Å². The number of benzene rings is 1. The lowest BCUT2D eigenvalue weighted by Crippen LogP contribution is -2.28. The predicted octanol–water partition coefficient (Wildman–Crippen LogP) is 1.96. The Kier molecular flexibility index (Phi) is 3.95. The molecule has 3 nitrogen and oxygen atoms in total. The molecule has 0 aromatic heterocycles. The monoisotopic (exact) mass is 267 g/mol. The largest absolute Gasteiger partial charge is 0.391 e. The Bertz CT molecular complexity index is 528. The van der Waals surface area contributed by atoms with E-state index in [0.717, 1.165) is 12.1 Å². The first-order valence-corrected chi connectivity index (χ1v) is 6.08. The third kappa shape index (κ3) is 3.17. The van der Waals surface area contributed by atoms with E-state index < -0.39 is 17.7 Å².